The van der Waals surface area contributed by atoms with Crippen LogP contribution in [0.2, 0.25) is 0 Å². The highest BCUT2D eigenvalue weighted by Gasteiger charge is 2.22. The van der Waals surface area contributed by atoms with Crippen LogP contribution in [0.15, 0.2) is 42.5 Å². The molecule has 0 aliphatic heterocycles. The van der Waals surface area contributed by atoms with E-state index in [2.05, 4.69) is 77.1 Å². The van der Waals surface area contributed by atoms with Crippen LogP contribution in [-0.2, 0) is 5.41 Å². The molecule has 3 aromatic rings. The molecule has 31 heavy (non-hydrogen) atoms. The smallest absolute Gasteiger partial charge is 0.135 e. The van der Waals surface area contributed by atoms with Crippen LogP contribution in [0.4, 0.5) is 0 Å². The van der Waals surface area contributed by atoms with Gasteiger partial charge in [-0.3, -0.25) is 0 Å². The largest absolute Gasteiger partial charge is 0.492 e. The lowest BCUT2D eigenvalue weighted by Gasteiger charge is -2.25. The van der Waals surface area contributed by atoms with Crippen LogP contribution < -0.4 is 9.47 Å². The van der Waals surface area contributed by atoms with E-state index in [9.17, 15) is 0 Å². The van der Waals surface area contributed by atoms with Gasteiger partial charge < -0.3 is 9.47 Å². The number of hydrogen-bond acceptors (Lipinski definition) is 2. The summed E-state index contributed by atoms with van der Waals surface area (Å²) in [4.78, 5) is 0. The van der Waals surface area contributed by atoms with Gasteiger partial charge >= 0.3 is 0 Å². The van der Waals surface area contributed by atoms with E-state index in [-0.39, 0.29) is 5.41 Å². The third kappa shape index (κ3) is 5.34. The van der Waals surface area contributed by atoms with Gasteiger partial charge in [0.25, 0.3) is 0 Å². The summed E-state index contributed by atoms with van der Waals surface area (Å²) in [5, 5.41) is 4.65. The molecule has 3 rings (SSSR count). The second-order valence-corrected chi connectivity index (χ2v) is 9.31. The molecule has 2 heteroatoms. The first-order chi connectivity index (χ1) is 15.0. The second-order valence-electron chi connectivity index (χ2n) is 9.31. The summed E-state index contributed by atoms with van der Waals surface area (Å²) in [6.45, 7) is 12.9. The van der Waals surface area contributed by atoms with Gasteiger partial charge in [-0.15, -0.1) is 0 Å². The number of benzene rings is 3. The summed E-state index contributed by atoms with van der Waals surface area (Å²) in [5.41, 5.74) is 1.48. The standard InChI is InChI=1S/C29H40O2/c1-6-9-13-19-30-27-23-15-11-12-16-24(23)28(31-20-14-10-7-2)26-21-22(17-18-25(26)27)29(4,5)8-3/h11-12,15-18,21H,6-10,13-14,19-20H2,1-5H3. The molecule has 0 heterocycles. The highest BCUT2D eigenvalue weighted by Crippen LogP contribution is 2.44. The number of fused-ring (bicyclic) bond motifs is 2. The minimum Gasteiger partial charge on any atom is -0.492 e. The van der Waals surface area contributed by atoms with Gasteiger partial charge in [0.15, 0.2) is 0 Å². The quantitative estimate of drug-likeness (QED) is 0.215. The Morgan fingerprint density at radius 3 is 1.68 bits per heavy atom. The van der Waals surface area contributed by atoms with Crippen molar-refractivity contribution in [3.63, 3.8) is 0 Å². The maximum Gasteiger partial charge on any atom is 0.135 e. The fourth-order valence-electron chi connectivity index (χ4n) is 4.09. The zero-order valence-electron chi connectivity index (χ0n) is 20.2. The molecule has 2 nitrogen and oxygen atoms in total. The molecule has 0 radical (unpaired) electrons. The summed E-state index contributed by atoms with van der Waals surface area (Å²) in [7, 11) is 0. The number of unbranched alkanes of at least 4 members (excludes halogenated alkanes) is 4. The lowest BCUT2D eigenvalue weighted by Crippen LogP contribution is -2.15. The van der Waals surface area contributed by atoms with E-state index in [1.165, 1.54) is 36.6 Å². The van der Waals surface area contributed by atoms with Gasteiger partial charge in [-0.1, -0.05) is 96.7 Å². The Morgan fingerprint density at radius 2 is 1.16 bits per heavy atom. The van der Waals surface area contributed by atoms with Crippen molar-refractivity contribution in [2.24, 2.45) is 0 Å². The maximum atomic E-state index is 6.48. The van der Waals surface area contributed by atoms with Crippen LogP contribution in [0.3, 0.4) is 0 Å². The molecule has 0 saturated carbocycles. The average molecular weight is 421 g/mol. The highest BCUT2D eigenvalue weighted by atomic mass is 16.5. The predicted molar refractivity (Wildman–Crippen MR) is 135 cm³/mol. The molecular weight excluding hydrogens is 380 g/mol. The van der Waals surface area contributed by atoms with Crippen molar-refractivity contribution in [1.29, 1.82) is 0 Å². The van der Waals surface area contributed by atoms with Crippen LogP contribution >= 0.6 is 0 Å². The van der Waals surface area contributed by atoms with E-state index in [1.54, 1.807) is 0 Å². The Kier molecular flexibility index (Phi) is 8.23. The van der Waals surface area contributed by atoms with Crippen molar-refractivity contribution in [3.8, 4) is 11.5 Å². The number of hydrogen-bond donors (Lipinski definition) is 0. The Labute approximate surface area is 188 Å². The zero-order valence-corrected chi connectivity index (χ0v) is 20.2. The van der Waals surface area contributed by atoms with Crippen molar-refractivity contribution >= 4 is 21.5 Å². The van der Waals surface area contributed by atoms with E-state index in [0.29, 0.717) is 0 Å². The summed E-state index contributed by atoms with van der Waals surface area (Å²) < 4.78 is 12.9. The van der Waals surface area contributed by atoms with Crippen molar-refractivity contribution < 1.29 is 9.47 Å². The van der Waals surface area contributed by atoms with Gasteiger partial charge in [0.05, 0.1) is 13.2 Å². The van der Waals surface area contributed by atoms with Crippen molar-refractivity contribution in [3.05, 3.63) is 48.0 Å². The lowest BCUT2D eigenvalue weighted by atomic mass is 9.81. The molecule has 0 atom stereocenters. The van der Waals surface area contributed by atoms with Crippen LogP contribution in [0.5, 0.6) is 11.5 Å². The molecule has 0 spiro atoms. The average Bonchev–Trinajstić information content (AvgIpc) is 2.79. The molecule has 168 valence electrons. The first kappa shape index (κ1) is 23.4. The SMILES string of the molecule is CCCCCOc1c2ccccc2c(OCCCCC)c2cc(C(C)(C)CC)ccc12. The van der Waals surface area contributed by atoms with Crippen molar-refractivity contribution in [2.45, 2.75) is 85.0 Å². The van der Waals surface area contributed by atoms with Crippen molar-refractivity contribution in [1.82, 2.24) is 0 Å². The van der Waals surface area contributed by atoms with E-state index in [1.807, 2.05) is 0 Å². The third-order valence-electron chi connectivity index (χ3n) is 6.58. The molecule has 0 bridgehead atoms. The van der Waals surface area contributed by atoms with Crippen LogP contribution in [0.1, 0.15) is 85.1 Å². The summed E-state index contributed by atoms with van der Waals surface area (Å²) in [5.74, 6) is 2.01. The summed E-state index contributed by atoms with van der Waals surface area (Å²) in [6.07, 6.45) is 8.06. The van der Waals surface area contributed by atoms with E-state index < -0.39 is 0 Å². The normalized spacial score (nSPS) is 11.9. The maximum absolute atomic E-state index is 6.48. The second kappa shape index (κ2) is 10.9. The molecule has 0 saturated heterocycles. The first-order valence-corrected chi connectivity index (χ1v) is 12.3. The van der Waals surface area contributed by atoms with Gasteiger partial charge in [-0.05, 0) is 36.3 Å². The highest BCUT2D eigenvalue weighted by molar-refractivity contribution is 6.11. The molecule has 0 aliphatic carbocycles. The summed E-state index contributed by atoms with van der Waals surface area (Å²) >= 11 is 0. The van der Waals surface area contributed by atoms with E-state index in [4.69, 9.17) is 9.47 Å². The number of rotatable bonds is 12. The monoisotopic (exact) mass is 420 g/mol. The van der Waals surface area contributed by atoms with Gasteiger partial charge in [-0.25, -0.2) is 0 Å². The van der Waals surface area contributed by atoms with Gasteiger partial charge in [0.1, 0.15) is 11.5 Å². The van der Waals surface area contributed by atoms with Gasteiger partial charge in [-0.2, -0.15) is 0 Å². The Bertz CT molecular complexity index is 987. The number of ether oxygens (including phenoxy) is 2. The Morgan fingerprint density at radius 1 is 0.645 bits per heavy atom. The lowest BCUT2D eigenvalue weighted by molar-refractivity contribution is 0.308. The molecule has 0 aliphatic rings. The van der Waals surface area contributed by atoms with Crippen LogP contribution in [0, 0.1) is 0 Å². The third-order valence-corrected chi connectivity index (χ3v) is 6.58. The topological polar surface area (TPSA) is 18.5 Å². The van der Waals surface area contributed by atoms with Crippen LogP contribution in [-0.4, -0.2) is 13.2 Å². The molecule has 0 amide bonds. The van der Waals surface area contributed by atoms with Gasteiger partial charge in [0, 0.05) is 21.5 Å². The zero-order chi connectivity index (χ0) is 22.3. The molecule has 0 N–H and O–H groups in total. The van der Waals surface area contributed by atoms with Crippen LogP contribution in [0.25, 0.3) is 21.5 Å². The van der Waals surface area contributed by atoms with Gasteiger partial charge in [0.2, 0.25) is 0 Å². The molecule has 0 unspecified atom stereocenters. The molecule has 0 fully saturated rings. The van der Waals surface area contributed by atoms with Crippen molar-refractivity contribution in [2.75, 3.05) is 13.2 Å². The minimum atomic E-state index is 0.126. The fourth-order valence-corrected chi connectivity index (χ4v) is 4.09. The van der Waals surface area contributed by atoms with E-state index in [0.717, 1.165) is 60.1 Å². The molecule has 3 aromatic carbocycles. The fraction of sp³-hybridized carbons (Fsp3) is 0.517. The Hall–Kier alpha value is -2.22. The van der Waals surface area contributed by atoms with E-state index >= 15 is 0 Å². The minimum absolute atomic E-state index is 0.126. The molecular formula is C29H40O2. The Balaban J connectivity index is 2.17. The predicted octanol–water partition coefficient (Wildman–Crippen LogP) is 8.82. The first-order valence-electron chi connectivity index (χ1n) is 12.3. The summed E-state index contributed by atoms with van der Waals surface area (Å²) in [6, 6.07) is 15.4. The molecule has 0 aromatic heterocycles.